The fraction of sp³-hybridized carbons (Fsp3) is 0.263. The number of methoxy groups -OCH3 is 1. The second kappa shape index (κ2) is 8.69. The van der Waals surface area contributed by atoms with Gasteiger partial charge < -0.3 is 15.2 Å². The molecular formula is C19H22ClN3O3. The van der Waals surface area contributed by atoms with Crippen molar-refractivity contribution in [1.82, 2.24) is 9.78 Å². The number of nitrogens with two attached hydrogens (primary N) is 1. The van der Waals surface area contributed by atoms with Crippen molar-refractivity contribution < 1.29 is 14.3 Å². The van der Waals surface area contributed by atoms with Crippen molar-refractivity contribution in [3.63, 3.8) is 0 Å². The molecule has 0 saturated carbocycles. The molecule has 0 spiro atoms. The number of nitrogens with zero attached hydrogens (tertiary/aromatic N) is 2. The van der Waals surface area contributed by atoms with Crippen molar-refractivity contribution in [1.29, 1.82) is 0 Å². The van der Waals surface area contributed by atoms with Gasteiger partial charge >= 0.3 is 5.97 Å². The van der Waals surface area contributed by atoms with E-state index in [1.807, 2.05) is 43.4 Å². The van der Waals surface area contributed by atoms with Crippen molar-refractivity contribution in [2.45, 2.75) is 12.5 Å². The van der Waals surface area contributed by atoms with Gasteiger partial charge in [-0.15, -0.1) is 12.4 Å². The van der Waals surface area contributed by atoms with E-state index in [0.29, 0.717) is 29.7 Å². The first-order chi connectivity index (χ1) is 12.1. The molecule has 6 nitrogen and oxygen atoms in total. The number of fused-ring (bicyclic) bond motifs is 1. The second-order valence-electron chi connectivity index (χ2n) is 5.89. The summed E-state index contributed by atoms with van der Waals surface area (Å²) < 4.78 is 12.5. The lowest BCUT2D eigenvalue weighted by molar-refractivity contribution is 0.0598. The Morgan fingerprint density at radius 3 is 2.65 bits per heavy atom. The highest BCUT2D eigenvalue weighted by Crippen LogP contribution is 2.28. The maximum atomic E-state index is 12.2. The summed E-state index contributed by atoms with van der Waals surface area (Å²) >= 11 is 0. The third-order valence-electron chi connectivity index (χ3n) is 4.08. The fourth-order valence-electron chi connectivity index (χ4n) is 2.81. The van der Waals surface area contributed by atoms with Crippen molar-refractivity contribution in [3.8, 4) is 5.75 Å². The van der Waals surface area contributed by atoms with E-state index in [-0.39, 0.29) is 18.4 Å². The minimum absolute atomic E-state index is 0. The lowest BCUT2D eigenvalue weighted by Gasteiger charge is -2.15. The average Bonchev–Trinajstić information content (AvgIpc) is 3.01. The smallest absolute Gasteiger partial charge is 0.342 e. The zero-order valence-corrected chi connectivity index (χ0v) is 15.5. The van der Waals surface area contributed by atoms with Crippen LogP contribution < -0.4 is 10.5 Å². The van der Waals surface area contributed by atoms with Gasteiger partial charge in [-0.2, -0.15) is 5.10 Å². The van der Waals surface area contributed by atoms with Gasteiger partial charge in [0, 0.05) is 18.5 Å². The van der Waals surface area contributed by atoms with Crippen LogP contribution >= 0.6 is 12.4 Å². The minimum Gasteiger partial charge on any atom is -0.491 e. The Hall–Kier alpha value is -2.57. The molecule has 1 unspecified atom stereocenters. The minimum atomic E-state index is -0.453. The molecule has 1 atom stereocenters. The molecule has 0 aliphatic rings. The number of esters is 1. The van der Waals surface area contributed by atoms with Crippen LogP contribution in [0.2, 0.25) is 0 Å². The summed E-state index contributed by atoms with van der Waals surface area (Å²) in [5, 5.41) is 4.89. The van der Waals surface area contributed by atoms with Gasteiger partial charge in [0.1, 0.15) is 17.9 Å². The van der Waals surface area contributed by atoms with E-state index in [9.17, 15) is 4.79 Å². The molecule has 1 heterocycles. The van der Waals surface area contributed by atoms with E-state index in [1.54, 1.807) is 16.9 Å². The van der Waals surface area contributed by atoms with E-state index in [2.05, 4.69) is 5.10 Å². The monoisotopic (exact) mass is 375 g/mol. The number of hydrogen-bond acceptors (Lipinski definition) is 5. The van der Waals surface area contributed by atoms with E-state index in [4.69, 9.17) is 15.2 Å². The SMILES string of the molecule is COC(=O)c1c(OCC(N)Cc2ccccc2)ccc2c1cnn2C.Cl. The lowest BCUT2D eigenvalue weighted by atomic mass is 10.1. The van der Waals surface area contributed by atoms with Gasteiger partial charge in [-0.1, -0.05) is 30.3 Å². The molecule has 0 aliphatic heterocycles. The number of aromatic nitrogens is 2. The van der Waals surface area contributed by atoms with Crippen LogP contribution in [0, 0.1) is 0 Å². The number of aryl methyl sites for hydroxylation is 1. The van der Waals surface area contributed by atoms with Gasteiger partial charge in [-0.3, -0.25) is 4.68 Å². The molecule has 2 aromatic carbocycles. The average molecular weight is 376 g/mol. The van der Waals surface area contributed by atoms with Gasteiger partial charge in [0.15, 0.2) is 0 Å². The summed E-state index contributed by atoms with van der Waals surface area (Å²) in [5.74, 6) is 0.00101. The molecular weight excluding hydrogens is 354 g/mol. The zero-order chi connectivity index (χ0) is 17.8. The van der Waals surface area contributed by atoms with Gasteiger partial charge in [-0.05, 0) is 24.1 Å². The lowest BCUT2D eigenvalue weighted by Crippen LogP contribution is -2.30. The van der Waals surface area contributed by atoms with Crippen LogP contribution in [0.4, 0.5) is 0 Å². The molecule has 1 aromatic heterocycles. The molecule has 0 aliphatic carbocycles. The number of benzene rings is 2. The number of halogens is 1. The normalized spacial score (nSPS) is 11.7. The summed E-state index contributed by atoms with van der Waals surface area (Å²) in [6.07, 6.45) is 2.34. The quantitative estimate of drug-likeness (QED) is 0.670. The summed E-state index contributed by atoms with van der Waals surface area (Å²) in [5.41, 5.74) is 8.53. The first kappa shape index (κ1) is 19.8. The molecule has 3 rings (SSSR count). The summed E-state index contributed by atoms with van der Waals surface area (Å²) in [6, 6.07) is 13.4. The number of rotatable bonds is 6. The standard InChI is InChI=1S/C19H21N3O3.ClH/c1-22-16-8-9-17(18(19(23)24-2)15(16)11-21-22)25-12-14(20)10-13-6-4-3-5-7-13;/h3-9,11,14H,10,12,20H2,1-2H3;1H. The van der Waals surface area contributed by atoms with Crippen molar-refractivity contribution in [3.05, 3.63) is 59.8 Å². The fourth-order valence-corrected chi connectivity index (χ4v) is 2.81. The van der Waals surface area contributed by atoms with Gasteiger partial charge in [0.25, 0.3) is 0 Å². The highest BCUT2D eigenvalue weighted by Gasteiger charge is 2.20. The molecule has 0 fully saturated rings. The van der Waals surface area contributed by atoms with Crippen LogP contribution in [0.3, 0.4) is 0 Å². The molecule has 3 aromatic rings. The van der Waals surface area contributed by atoms with Crippen LogP contribution in [0.15, 0.2) is 48.7 Å². The largest absolute Gasteiger partial charge is 0.491 e. The molecule has 0 radical (unpaired) electrons. The topological polar surface area (TPSA) is 79.4 Å². The maximum absolute atomic E-state index is 12.2. The Balaban J connectivity index is 0.00000243. The van der Waals surface area contributed by atoms with Crippen LogP contribution in [-0.2, 0) is 18.2 Å². The van der Waals surface area contributed by atoms with Crippen molar-refractivity contribution >= 4 is 29.3 Å². The first-order valence-corrected chi connectivity index (χ1v) is 8.05. The Bertz CT molecular complexity index is 880. The molecule has 0 saturated heterocycles. The Kier molecular flexibility index (Phi) is 6.60. The Morgan fingerprint density at radius 1 is 1.23 bits per heavy atom. The Labute approximate surface area is 158 Å². The highest BCUT2D eigenvalue weighted by molar-refractivity contribution is 6.06. The third kappa shape index (κ3) is 4.15. The zero-order valence-electron chi connectivity index (χ0n) is 14.7. The second-order valence-corrected chi connectivity index (χ2v) is 5.89. The van der Waals surface area contributed by atoms with Crippen molar-refractivity contribution in [2.75, 3.05) is 13.7 Å². The molecule has 26 heavy (non-hydrogen) atoms. The van der Waals surface area contributed by atoms with Gasteiger partial charge in [-0.25, -0.2) is 4.79 Å². The van der Waals surface area contributed by atoms with Gasteiger partial charge in [0.05, 0.1) is 18.8 Å². The highest BCUT2D eigenvalue weighted by atomic mass is 35.5. The van der Waals surface area contributed by atoms with E-state index in [1.165, 1.54) is 7.11 Å². The molecule has 138 valence electrons. The predicted octanol–water partition coefficient (Wildman–Crippen LogP) is 2.73. The molecule has 2 N–H and O–H groups in total. The van der Waals surface area contributed by atoms with Crippen LogP contribution in [-0.4, -0.2) is 35.5 Å². The van der Waals surface area contributed by atoms with Crippen LogP contribution in [0.5, 0.6) is 5.75 Å². The van der Waals surface area contributed by atoms with E-state index >= 15 is 0 Å². The molecule has 0 amide bonds. The summed E-state index contributed by atoms with van der Waals surface area (Å²) in [4.78, 5) is 12.2. The number of carbonyl (C=O) groups is 1. The van der Waals surface area contributed by atoms with E-state index < -0.39 is 5.97 Å². The predicted molar refractivity (Wildman–Crippen MR) is 103 cm³/mol. The summed E-state index contributed by atoms with van der Waals surface area (Å²) in [7, 11) is 3.17. The number of ether oxygens (including phenoxy) is 2. The van der Waals surface area contributed by atoms with Gasteiger partial charge in [0.2, 0.25) is 0 Å². The number of hydrogen-bond donors (Lipinski definition) is 1. The van der Waals surface area contributed by atoms with Crippen LogP contribution in [0.1, 0.15) is 15.9 Å². The van der Waals surface area contributed by atoms with Crippen LogP contribution in [0.25, 0.3) is 10.9 Å². The Morgan fingerprint density at radius 2 is 1.96 bits per heavy atom. The number of carbonyl (C=O) groups excluding carboxylic acids is 1. The van der Waals surface area contributed by atoms with Crippen molar-refractivity contribution in [2.24, 2.45) is 12.8 Å². The maximum Gasteiger partial charge on any atom is 0.342 e. The first-order valence-electron chi connectivity index (χ1n) is 8.05. The van der Waals surface area contributed by atoms with E-state index in [0.717, 1.165) is 11.1 Å². The third-order valence-corrected chi connectivity index (χ3v) is 4.08. The summed E-state index contributed by atoms with van der Waals surface area (Å²) in [6.45, 7) is 0.296. The molecule has 0 bridgehead atoms. The molecule has 7 heteroatoms.